The van der Waals surface area contributed by atoms with Crippen LogP contribution < -0.4 is 10.6 Å². The molecule has 2 aromatic carbocycles. The molecule has 5 nitrogen and oxygen atoms in total. The summed E-state index contributed by atoms with van der Waals surface area (Å²) < 4.78 is 14.3. The van der Waals surface area contributed by atoms with Crippen molar-refractivity contribution in [2.45, 2.75) is 45.6 Å². The van der Waals surface area contributed by atoms with E-state index in [2.05, 4.69) is 15.6 Å². The number of amides is 1. The molecule has 0 aromatic heterocycles. The topological polar surface area (TPSA) is 56.7 Å². The van der Waals surface area contributed by atoms with Gasteiger partial charge in [0.1, 0.15) is 5.82 Å². The van der Waals surface area contributed by atoms with Gasteiger partial charge < -0.3 is 15.5 Å². The lowest BCUT2D eigenvalue weighted by Gasteiger charge is -2.19. The van der Waals surface area contributed by atoms with E-state index in [1.165, 1.54) is 6.07 Å². The first-order valence-electron chi connectivity index (χ1n) is 11.2. The molecule has 1 fully saturated rings. The standard InChI is InChI=1S/C25H33FN4O/c1-4-27-24(29-18-25(15-16-25)21-9-7-8-10-22(21)26)28-17-19-11-13-20(14-12-19)23(31)30(5-2)6-3/h7-14H,4-6,15-18H2,1-3H3,(H2,27,28,29). The van der Waals surface area contributed by atoms with Crippen LogP contribution in [-0.2, 0) is 12.0 Å². The maximum absolute atomic E-state index is 14.3. The molecular weight excluding hydrogens is 391 g/mol. The molecule has 1 aliphatic carbocycles. The number of guanidine groups is 1. The zero-order valence-electron chi connectivity index (χ0n) is 18.7. The van der Waals surface area contributed by atoms with E-state index in [4.69, 9.17) is 0 Å². The van der Waals surface area contributed by atoms with Crippen molar-refractivity contribution in [1.29, 1.82) is 0 Å². The molecule has 0 aliphatic heterocycles. The Hall–Kier alpha value is -2.89. The van der Waals surface area contributed by atoms with Gasteiger partial charge in [0.15, 0.2) is 5.96 Å². The highest BCUT2D eigenvalue weighted by Crippen LogP contribution is 2.48. The third kappa shape index (κ3) is 5.63. The fourth-order valence-corrected chi connectivity index (χ4v) is 3.79. The van der Waals surface area contributed by atoms with Crippen molar-refractivity contribution in [3.8, 4) is 0 Å². The van der Waals surface area contributed by atoms with Gasteiger partial charge in [-0.05, 0) is 62.9 Å². The first-order valence-corrected chi connectivity index (χ1v) is 11.2. The maximum Gasteiger partial charge on any atom is 0.253 e. The minimum atomic E-state index is -0.145. The zero-order chi connectivity index (χ0) is 22.3. The lowest BCUT2D eigenvalue weighted by Crippen LogP contribution is -2.41. The smallest absolute Gasteiger partial charge is 0.253 e. The molecule has 0 radical (unpaired) electrons. The molecule has 6 heteroatoms. The molecule has 2 N–H and O–H groups in total. The van der Waals surface area contributed by atoms with Gasteiger partial charge in [0, 0.05) is 37.2 Å². The van der Waals surface area contributed by atoms with Gasteiger partial charge in [0.05, 0.1) is 6.54 Å². The second-order valence-electron chi connectivity index (χ2n) is 7.98. The van der Waals surface area contributed by atoms with Crippen LogP contribution in [0.4, 0.5) is 4.39 Å². The second-order valence-corrected chi connectivity index (χ2v) is 7.98. The van der Waals surface area contributed by atoms with E-state index in [9.17, 15) is 9.18 Å². The fourth-order valence-electron chi connectivity index (χ4n) is 3.79. The summed E-state index contributed by atoms with van der Waals surface area (Å²) in [5.74, 6) is 0.634. The number of hydrogen-bond donors (Lipinski definition) is 2. The molecule has 0 atom stereocenters. The van der Waals surface area contributed by atoms with Crippen molar-refractivity contribution in [2.75, 3.05) is 26.2 Å². The van der Waals surface area contributed by atoms with Crippen LogP contribution in [0.15, 0.2) is 53.5 Å². The van der Waals surface area contributed by atoms with Crippen molar-refractivity contribution >= 4 is 11.9 Å². The molecular formula is C25H33FN4O. The van der Waals surface area contributed by atoms with Gasteiger partial charge in [0.2, 0.25) is 0 Å². The molecule has 0 saturated heterocycles. The quantitative estimate of drug-likeness (QED) is 0.471. The molecule has 1 amide bonds. The number of nitrogens with zero attached hydrogens (tertiary/aromatic N) is 2. The Kier molecular flexibility index (Phi) is 7.66. The summed E-state index contributed by atoms with van der Waals surface area (Å²) in [5, 5.41) is 6.65. The number of aliphatic imine (C=N–C) groups is 1. The summed E-state index contributed by atoms with van der Waals surface area (Å²) in [5.41, 5.74) is 2.37. The largest absolute Gasteiger partial charge is 0.357 e. The molecule has 3 rings (SSSR count). The summed E-state index contributed by atoms with van der Waals surface area (Å²) in [6, 6.07) is 14.7. The van der Waals surface area contributed by atoms with Gasteiger partial charge in [-0.2, -0.15) is 0 Å². The normalized spacial score (nSPS) is 14.8. The minimum absolute atomic E-state index is 0.0536. The zero-order valence-corrected chi connectivity index (χ0v) is 18.7. The lowest BCUT2D eigenvalue weighted by molar-refractivity contribution is 0.0773. The number of hydrogen-bond acceptors (Lipinski definition) is 2. The Labute approximate surface area is 184 Å². The molecule has 31 heavy (non-hydrogen) atoms. The average Bonchev–Trinajstić information content (AvgIpc) is 3.58. The molecule has 2 aromatic rings. The lowest BCUT2D eigenvalue weighted by atomic mass is 9.95. The van der Waals surface area contributed by atoms with Crippen LogP contribution >= 0.6 is 0 Å². The van der Waals surface area contributed by atoms with E-state index in [0.717, 1.165) is 30.5 Å². The van der Waals surface area contributed by atoms with Crippen LogP contribution in [0.1, 0.15) is 55.1 Å². The van der Waals surface area contributed by atoms with Gasteiger partial charge in [-0.15, -0.1) is 0 Å². The molecule has 166 valence electrons. The van der Waals surface area contributed by atoms with Crippen LogP contribution in [0.25, 0.3) is 0 Å². The molecule has 0 unspecified atom stereocenters. The van der Waals surface area contributed by atoms with Gasteiger partial charge in [-0.1, -0.05) is 30.3 Å². The first kappa shape index (κ1) is 22.8. The van der Waals surface area contributed by atoms with E-state index in [1.54, 1.807) is 6.07 Å². The van der Waals surface area contributed by atoms with Crippen molar-refractivity contribution in [1.82, 2.24) is 15.5 Å². The van der Waals surface area contributed by atoms with Gasteiger partial charge >= 0.3 is 0 Å². The summed E-state index contributed by atoms with van der Waals surface area (Å²) in [6.07, 6.45) is 1.95. The summed E-state index contributed by atoms with van der Waals surface area (Å²) in [6.45, 7) is 9.29. The SMILES string of the molecule is CCNC(=NCc1ccc(C(=O)N(CC)CC)cc1)NCC1(c2ccccc2F)CC1. The molecule has 1 aliphatic rings. The number of carbonyl (C=O) groups is 1. The van der Waals surface area contributed by atoms with Crippen LogP contribution in [0.5, 0.6) is 0 Å². The highest BCUT2D eigenvalue weighted by molar-refractivity contribution is 5.94. The Balaban J connectivity index is 1.62. The van der Waals surface area contributed by atoms with E-state index in [1.807, 2.05) is 62.1 Å². The van der Waals surface area contributed by atoms with Crippen LogP contribution in [0.3, 0.4) is 0 Å². The van der Waals surface area contributed by atoms with E-state index < -0.39 is 0 Å². The first-order chi connectivity index (χ1) is 15.0. The predicted octanol–water partition coefficient (Wildman–Crippen LogP) is 4.09. The van der Waals surface area contributed by atoms with Crippen LogP contribution in [0.2, 0.25) is 0 Å². The summed E-state index contributed by atoms with van der Waals surface area (Å²) >= 11 is 0. The maximum atomic E-state index is 14.3. The highest BCUT2D eigenvalue weighted by Gasteiger charge is 2.45. The summed E-state index contributed by atoms with van der Waals surface area (Å²) in [4.78, 5) is 18.9. The third-order valence-corrected chi connectivity index (χ3v) is 5.91. The molecule has 0 bridgehead atoms. The Morgan fingerprint density at radius 2 is 1.71 bits per heavy atom. The van der Waals surface area contributed by atoms with Gasteiger partial charge in [0.25, 0.3) is 5.91 Å². The molecule has 0 heterocycles. The van der Waals surface area contributed by atoms with Crippen molar-refractivity contribution in [3.63, 3.8) is 0 Å². The summed E-state index contributed by atoms with van der Waals surface area (Å²) in [7, 11) is 0. The van der Waals surface area contributed by atoms with Crippen molar-refractivity contribution < 1.29 is 9.18 Å². The number of carbonyl (C=O) groups excluding carboxylic acids is 1. The van der Waals surface area contributed by atoms with Crippen molar-refractivity contribution in [3.05, 3.63) is 71.0 Å². The predicted molar refractivity (Wildman–Crippen MR) is 124 cm³/mol. The third-order valence-electron chi connectivity index (χ3n) is 5.91. The fraction of sp³-hybridized carbons (Fsp3) is 0.440. The van der Waals surface area contributed by atoms with Gasteiger partial charge in [-0.3, -0.25) is 4.79 Å². The number of benzene rings is 2. The van der Waals surface area contributed by atoms with E-state index in [0.29, 0.717) is 37.7 Å². The minimum Gasteiger partial charge on any atom is -0.357 e. The molecule has 0 spiro atoms. The Morgan fingerprint density at radius 1 is 1.03 bits per heavy atom. The Bertz CT molecular complexity index is 902. The number of rotatable bonds is 9. The number of halogens is 1. The van der Waals surface area contributed by atoms with Crippen LogP contribution in [0, 0.1) is 5.82 Å². The van der Waals surface area contributed by atoms with Crippen LogP contribution in [-0.4, -0.2) is 42.9 Å². The second kappa shape index (κ2) is 10.4. The highest BCUT2D eigenvalue weighted by atomic mass is 19.1. The van der Waals surface area contributed by atoms with Gasteiger partial charge in [-0.25, -0.2) is 9.38 Å². The number of nitrogens with one attached hydrogen (secondary N) is 2. The average molecular weight is 425 g/mol. The monoisotopic (exact) mass is 424 g/mol. The van der Waals surface area contributed by atoms with E-state index in [-0.39, 0.29) is 17.1 Å². The van der Waals surface area contributed by atoms with Crippen molar-refractivity contribution in [2.24, 2.45) is 4.99 Å². The Morgan fingerprint density at radius 3 is 2.29 bits per heavy atom. The molecule has 1 saturated carbocycles. The van der Waals surface area contributed by atoms with E-state index >= 15 is 0 Å².